The monoisotopic (exact) mass is 352 g/mol. The number of pyridine rings is 1. The van der Waals surface area contributed by atoms with Gasteiger partial charge in [-0.25, -0.2) is 0 Å². The van der Waals surface area contributed by atoms with Crippen LogP contribution in [0.5, 0.6) is 5.75 Å². The van der Waals surface area contributed by atoms with Gasteiger partial charge in [-0.15, -0.1) is 11.8 Å². The molecule has 0 radical (unpaired) electrons. The highest BCUT2D eigenvalue weighted by atomic mass is 35.5. The average Bonchev–Trinajstić information content (AvgIpc) is 2.53. The highest BCUT2D eigenvalue weighted by Gasteiger charge is 2.51. The molecule has 0 aromatic carbocycles. The van der Waals surface area contributed by atoms with Gasteiger partial charge in [0.15, 0.2) is 18.5 Å². The van der Waals surface area contributed by atoms with Gasteiger partial charge in [0.05, 0.1) is 0 Å². The van der Waals surface area contributed by atoms with E-state index in [0.717, 1.165) is 0 Å². The van der Waals surface area contributed by atoms with Crippen LogP contribution in [0, 0.1) is 0 Å². The van der Waals surface area contributed by atoms with Gasteiger partial charge < -0.3 is 10.8 Å². The van der Waals surface area contributed by atoms with Crippen LogP contribution in [-0.2, 0) is 16.1 Å². The predicted octanol–water partition coefficient (Wildman–Crippen LogP) is 0.498. The van der Waals surface area contributed by atoms with Gasteiger partial charge in [0, 0.05) is 11.8 Å². The summed E-state index contributed by atoms with van der Waals surface area (Å²) in [6, 6.07) is 2.75. The molecule has 0 unspecified atom stereocenters. The molecule has 1 saturated heterocycles. The highest BCUT2D eigenvalue weighted by Crippen LogP contribution is 2.40. The summed E-state index contributed by atoms with van der Waals surface area (Å²) < 4.78 is 1.79. The molecule has 0 bridgehead atoms. The topological polar surface area (TPSA) is 87.5 Å². The maximum absolute atomic E-state index is 11.9. The van der Waals surface area contributed by atoms with E-state index in [0.29, 0.717) is 17.9 Å². The third kappa shape index (κ3) is 2.99. The van der Waals surface area contributed by atoms with Crippen molar-refractivity contribution in [3.8, 4) is 5.75 Å². The molecule has 3 N–H and O–H groups in total. The Bertz CT molecular complexity index is 734. The number of β-lactam (4-membered cyclic amide) rings is 1. The second-order valence-electron chi connectivity index (χ2n) is 5.24. The molecule has 120 valence electrons. The van der Waals surface area contributed by atoms with Crippen molar-refractivity contribution in [2.24, 2.45) is 5.73 Å². The van der Waals surface area contributed by atoms with Gasteiger partial charge >= 0.3 is 0 Å². The Morgan fingerprint density at radius 2 is 2.39 bits per heavy atom. The Balaban J connectivity index is 1.81. The molecule has 2 atom stereocenters. The van der Waals surface area contributed by atoms with E-state index in [4.69, 9.17) is 17.3 Å². The molecule has 1 aromatic heterocycles. The fourth-order valence-electron chi connectivity index (χ4n) is 2.59. The molecule has 6 nitrogen and oxygen atoms in total. The van der Waals surface area contributed by atoms with Crippen molar-refractivity contribution in [1.29, 1.82) is 0 Å². The number of hydrogen-bond donors (Lipinski definition) is 2. The number of carbonyl (C=O) groups is 2. The van der Waals surface area contributed by atoms with Gasteiger partial charge in [0.2, 0.25) is 12.1 Å². The van der Waals surface area contributed by atoms with Gasteiger partial charge in [0.1, 0.15) is 17.1 Å². The molecule has 1 fully saturated rings. The molecule has 0 spiro atoms. The van der Waals surface area contributed by atoms with Crippen LogP contribution in [0.25, 0.3) is 0 Å². The number of hydrogen-bond acceptors (Lipinski definition) is 5. The third-order valence-corrected chi connectivity index (χ3v) is 5.21. The van der Waals surface area contributed by atoms with Crippen LogP contribution in [0.2, 0.25) is 0 Å². The minimum Gasteiger partial charge on any atom is -0.503 e. The van der Waals surface area contributed by atoms with E-state index in [-0.39, 0.29) is 22.7 Å². The van der Waals surface area contributed by atoms with Crippen molar-refractivity contribution in [3.05, 3.63) is 47.9 Å². The van der Waals surface area contributed by atoms with Gasteiger partial charge in [0.25, 0.3) is 5.24 Å². The number of allylic oxidation sites excluding steroid dienone is 3. The zero-order valence-electron chi connectivity index (χ0n) is 12.1. The SMILES string of the molecule is N[C@@H]1C(=O)N2C(C(=O)Cl)=C(C=CC[n+]3cccc(O)c3)CS[C@H]12. The summed E-state index contributed by atoms with van der Waals surface area (Å²) in [6.45, 7) is 0.517. The first-order valence-electron chi connectivity index (χ1n) is 6.97. The molecule has 8 heteroatoms. The van der Waals surface area contributed by atoms with Crippen molar-refractivity contribution < 1.29 is 19.3 Å². The van der Waals surface area contributed by atoms with Gasteiger partial charge in [-0.1, -0.05) is 6.08 Å². The first-order chi connectivity index (χ1) is 11.0. The Morgan fingerprint density at radius 3 is 3.09 bits per heavy atom. The van der Waals surface area contributed by atoms with E-state index in [9.17, 15) is 14.7 Å². The first-order valence-corrected chi connectivity index (χ1v) is 8.39. The number of fused-ring (bicyclic) bond motifs is 1. The summed E-state index contributed by atoms with van der Waals surface area (Å²) in [5.74, 6) is 0.462. The second kappa shape index (κ2) is 6.35. The second-order valence-corrected chi connectivity index (χ2v) is 6.69. The van der Waals surface area contributed by atoms with Gasteiger partial charge in [-0.05, 0) is 29.3 Å². The van der Waals surface area contributed by atoms with E-state index in [1.807, 2.05) is 12.3 Å². The lowest BCUT2D eigenvalue weighted by atomic mass is 10.0. The molecule has 3 heterocycles. The number of rotatable bonds is 4. The Hall–Kier alpha value is -1.83. The lowest BCUT2D eigenvalue weighted by Gasteiger charge is -2.48. The van der Waals surface area contributed by atoms with Crippen molar-refractivity contribution >= 4 is 34.5 Å². The van der Waals surface area contributed by atoms with Crippen molar-refractivity contribution in [2.75, 3.05) is 5.75 Å². The fourth-order valence-corrected chi connectivity index (χ4v) is 4.06. The van der Waals surface area contributed by atoms with Crippen LogP contribution < -0.4 is 10.3 Å². The minimum absolute atomic E-state index is 0.174. The molecule has 0 aliphatic carbocycles. The van der Waals surface area contributed by atoms with E-state index >= 15 is 0 Å². The van der Waals surface area contributed by atoms with Crippen molar-refractivity contribution in [2.45, 2.75) is 18.0 Å². The number of thioether (sulfide) groups is 1. The normalized spacial score (nSPS) is 23.9. The van der Waals surface area contributed by atoms with Crippen LogP contribution in [0.15, 0.2) is 47.9 Å². The molecule has 2 aliphatic rings. The van der Waals surface area contributed by atoms with E-state index in [2.05, 4.69) is 0 Å². The maximum atomic E-state index is 11.9. The first kappa shape index (κ1) is 16.0. The lowest BCUT2D eigenvalue weighted by molar-refractivity contribution is -0.687. The van der Waals surface area contributed by atoms with Gasteiger partial charge in [-0.3, -0.25) is 14.5 Å². The summed E-state index contributed by atoms with van der Waals surface area (Å²) in [4.78, 5) is 25.0. The predicted molar refractivity (Wildman–Crippen MR) is 86.4 cm³/mol. The maximum Gasteiger partial charge on any atom is 0.269 e. The number of halogens is 1. The standard InChI is InChI=1S/C15H14ClN3O3S/c16-13(21)12-9(8-23-15-11(17)14(22)19(12)15)3-1-5-18-6-2-4-10(20)7-18/h1-4,6-7,11,15H,5,8,17H2/p+1/t11-,15-/m1/s1. The van der Waals surface area contributed by atoms with Crippen LogP contribution in [0.1, 0.15) is 0 Å². The van der Waals surface area contributed by atoms with Crippen LogP contribution in [-0.4, -0.2) is 38.3 Å². The van der Waals surface area contributed by atoms with E-state index in [1.54, 1.807) is 29.0 Å². The summed E-state index contributed by atoms with van der Waals surface area (Å²) in [5.41, 5.74) is 6.66. The molecule has 0 saturated carbocycles. The number of aromatic nitrogens is 1. The number of aromatic hydroxyl groups is 1. The van der Waals surface area contributed by atoms with Crippen LogP contribution in [0.3, 0.4) is 0 Å². The molecular weight excluding hydrogens is 338 g/mol. The Kier molecular flexibility index (Phi) is 4.43. The van der Waals surface area contributed by atoms with E-state index < -0.39 is 11.3 Å². The largest absolute Gasteiger partial charge is 0.503 e. The summed E-state index contributed by atoms with van der Waals surface area (Å²) >= 11 is 7.18. The Morgan fingerprint density at radius 1 is 1.61 bits per heavy atom. The third-order valence-electron chi connectivity index (χ3n) is 3.70. The van der Waals surface area contributed by atoms with Crippen LogP contribution >= 0.6 is 23.4 Å². The van der Waals surface area contributed by atoms with Crippen LogP contribution in [0.4, 0.5) is 0 Å². The van der Waals surface area contributed by atoms with Crippen molar-refractivity contribution in [3.63, 3.8) is 0 Å². The highest BCUT2D eigenvalue weighted by molar-refractivity contribution is 8.00. The Labute approximate surface area is 142 Å². The molecular formula is C15H15ClN3O3S+. The molecule has 2 aliphatic heterocycles. The number of amides is 1. The molecule has 3 rings (SSSR count). The molecule has 1 aromatic rings. The number of nitrogens with two attached hydrogens (primary N) is 1. The summed E-state index contributed by atoms with van der Waals surface area (Å²) in [6.07, 6.45) is 7.04. The zero-order valence-corrected chi connectivity index (χ0v) is 13.6. The van der Waals surface area contributed by atoms with Crippen molar-refractivity contribution in [1.82, 2.24) is 4.90 Å². The lowest BCUT2D eigenvalue weighted by Crippen LogP contribution is -2.68. The minimum atomic E-state index is -0.653. The fraction of sp³-hybridized carbons (Fsp3) is 0.267. The summed E-state index contributed by atoms with van der Waals surface area (Å²) in [7, 11) is 0. The molecule has 1 amide bonds. The number of carbonyl (C=O) groups excluding carboxylic acids is 2. The average molecular weight is 353 g/mol. The quantitative estimate of drug-likeness (QED) is 0.468. The molecule has 23 heavy (non-hydrogen) atoms. The van der Waals surface area contributed by atoms with E-state index in [1.165, 1.54) is 16.7 Å². The number of nitrogens with zero attached hydrogens (tertiary/aromatic N) is 2. The zero-order chi connectivity index (χ0) is 16.6. The van der Waals surface area contributed by atoms with Gasteiger partial charge in [-0.2, -0.15) is 4.57 Å². The summed E-state index contributed by atoms with van der Waals surface area (Å²) in [5, 5.41) is 8.56. The smallest absolute Gasteiger partial charge is 0.269 e.